The van der Waals surface area contributed by atoms with Gasteiger partial charge in [-0.15, -0.1) is 0 Å². The Kier molecular flexibility index (Phi) is 15.3. The zero-order valence-corrected chi connectivity index (χ0v) is 22.0. The molecule has 0 saturated heterocycles. The fourth-order valence-electron chi connectivity index (χ4n) is 1.81. The third kappa shape index (κ3) is 17.3. The summed E-state index contributed by atoms with van der Waals surface area (Å²) in [6.07, 6.45) is 6.30. The second-order valence-electron chi connectivity index (χ2n) is 6.98. The van der Waals surface area contributed by atoms with Crippen LogP contribution in [0.3, 0.4) is 0 Å². The van der Waals surface area contributed by atoms with Crippen LogP contribution in [0.2, 0.25) is 0 Å². The van der Waals surface area contributed by atoms with Crippen LogP contribution >= 0.6 is 0 Å². The predicted octanol–water partition coefficient (Wildman–Crippen LogP) is -2.78. The highest BCUT2D eigenvalue weighted by Gasteiger charge is 2.37. The van der Waals surface area contributed by atoms with E-state index < -0.39 is 54.9 Å². The molecule has 42 heavy (non-hydrogen) atoms. The summed E-state index contributed by atoms with van der Waals surface area (Å²) in [4.78, 5) is 42.3. The second kappa shape index (κ2) is 16.1. The van der Waals surface area contributed by atoms with Crippen LogP contribution in [0.15, 0.2) is 49.1 Å². The minimum Gasteiger partial charge on any atom is -0.741 e. The lowest BCUT2D eigenvalue weighted by molar-refractivity contribution is -0.684. The number of nitrogens with zero attached hydrogens (tertiary/aromatic N) is 2. The van der Waals surface area contributed by atoms with Gasteiger partial charge in [0.1, 0.15) is 0 Å². The molecule has 0 radical (unpaired) electrons. The number of halogens is 6. The Bertz CT molecular complexity index is 1340. The largest absolute Gasteiger partial charge is 0.741 e. The fourth-order valence-corrected chi connectivity index (χ4v) is 1.81. The Morgan fingerprint density at radius 3 is 0.905 bits per heavy atom. The molecular weight excluding hydrogens is 638 g/mol. The molecule has 2 heterocycles. The topological polar surface area (TPSA) is 295 Å². The summed E-state index contributed by atoms with van der Waals surface area (Å²) in [6, 6.07) is 6.13. The van der Waals surface area contributed by atoms with E-state index in [4.69, 9.17) is 48.9 Å². The maximum atomic E-state index is 10.7. The monoisotopic (exact) mass is 658 g/mol. The molecule has 2 aromatic rings. The van der Waals surface area contributed by atoms with E-state index in [1.54, 1.807) is 33.9 Å². The third-order valence-electron chi connectivity index (χ3n) is 3.60. The van der Waals surface area contributed by atoms with Gasteiger partial charge in [0.25, 0.3) is 11.8 Å². The van der Waals surface area contributed by atoms with Crippen molar-refractivity contribution < 1.29 is 80.6 Å². The van der Waals surface area contributed by atoms with Gasteiger partial charge in [-0.1, -0.05) is 0 Å². The van der Waals surface area contributed by atoms with Crippen molar-refractivity contribution in [1.82, 2.24) is 0 Å². The first kappa shape index (κ1) is 39.7. The van der Waals surface area contributed by atoms with Crippen LogP contribution in [0, 0.1) is 0 Å². The molecule has 0 aliphatic heterocycles. The zero-order chi connectivity index (χ0) is 33.7. The van der Waals surface area contributed by atoms with Gasteiger partial charge in [-0.3, -0.25) is 19.2 Å². The van der Waals surface area contributed by atoms with Crippen LogP contribution in [0.4, 0.5) is 26.3 Å². The average Bonchev–Trinajstić information content (AvgIpc) is 2.77. The number of hydrogen-bond acceptors (Lipinski definition) is 10. The Hall–Kier alpha value is -4.42. The molecule has 0 spiro atoms. The third-order valence-corrected chi connectivity index (χ3v) is 4.73. The van der Waals surface area contributed by atoms with Crippen molar-refractivity contribution in [2.75, 3.05) is 0 Å². The van der Waals surface area contributed by atoms with Gasteiger partial charge >= 0.3 is 11.0 Å². The molecule has 0 saturated carbocycles. The van der Waals surface area contributed by atoms with Crippen molar-refractivity contribution in [3.05, 3.63) is 60.2 Å². The minimum absolute atomic E-state index is 0.0963. The molecule has 8 N–H and O–H groups in total. The molecule has 0 unspecified atom stereocenters. The van der Waals surface area contributed by atoms with Crippen LogP contribution in [0.25, 0.3) is 0 Å². The first-order chi connectivity index (χ1) is 18.7. The Labute approximate surface area is 232 Å². The maximum absolute atomic E-state index is 10.7. The van der Waals surface area contributed by atoms with E-state index in [-0.39, 0.29) is 13.1 Å². The smallest absolute Gasteiger partial charge is 0.485 e. The number of rotatable bonds is 6. The van der Waals surface area contributed by atoms with Gasteiger partial charge in [-0.25, -0.2) is 16.8 Å². The van der Waals surface area contributed by atoms with E-state index >= 15 is 0 Å². The summed E-state index contributed by atoms with van der Waals surface area (Å²) in [6.45, 7) is 0.193. The van der Waals surface area contributed by atoms with Crippen LogP contribution in [-0.4, -0.2) is 60.6 Å². The van der Waals surface area contributed by atoms with E-state index in [0.717, 1.165) is 0 Å². The molecule has 0 bridgehead atoms. The normalized spacial score (nSPS) is 11.2. The Balaban J connectivity index is 0. The number of primary amides is 4. The molecule has 236 valence electrons. The van der Waals surface area contributed by atoms with Gasteiger partial charge in [0.15, 0.2) is 45.0 Å². The van der Waals surface area contributed by atoms with Crippen molar-refractivity contribution in [3.8, 4) is 0 Å². The van der Waals surface area contributed by atoms with E-state index in [1.165, 1.54) is 24.3 Å². The van der Waals surface area contributed by atoms with Crippen molar-refractivity contribution in [1.29, 1.82) is 0 Å². The van der Waals surface area contributed by atoms with Gasteiger partial charge in [0.2, 0.25) is 24.9 Å². The van der Waals surface area contributed by atoms with Gasteiger partial charge in [0.05, 0.1) is 11.1 Å². The first-order valence-electron chi connectivity index (χ1n) is 9.87. The van der Waals surface area contributed by atoms with Crippen LogP contribution in [0.1, 0.15) is 20.7 Å². The van der Waals surface area contributed by atoms with Crippen molar-refractivity contribution in [2.24, 2.45) is 22.9 Å². The highest BCUT2D eigenvalue weighted by molar-refractivity contribution is 7.86. The summed E-state index contributed by atoms with van der Waals surface area (Å²) in [5, 5.41) is 0. The highest BCUT2D eigenvalue weighted by atomic mass is 32.2. The van der Waals surface area contributed by atoms with Crippen LogP contribution in [0.5, 0.6) is 0 Å². The number of hydrogen-bond donors (Lipinski definition) is 4. The van der Waals surface area contributed by atoms with Gasteiger partial charge in [0, 0.05) is 24.3 Å². The molecular formula is C18H20F6N6O10S2. The molecule has 0 aliphatic carbocycles. The summed E-state index contributed by atoms with van der Waals surface area (Å²) in [5.41, 5.74) is 9.51. The summed E-state index contributed by atoms with van der Waals surface area (Å²) >= 11 is 0. The zero-order valence-electron chi connectivity index (χ0n) is 20.4. The molecule has 24 heteroatoms. The van der Waals surface area contributed by atoms with Crippen molar-refractivity contribution in [2.45, 2.75) is 24.1 Å². The Morgan fingerprint density at radius 1 is 0.595 bits per heavy atom. The summed E-state index contributed by atoms with van der Waals surface area (Å²) in [7, 11) is -12.2. The van der Waals surface area contributed by atoms with E-state index in [1.807, 2.05) is 0 Å². The number of carbonyl (C=O) groups is 4. The standard InChI is InChI=1S/2C8H9N3O2.2CHF3O3S/c2*9-7(12)5-11-3-1-6(2-4-11)8(10)13;2*2-1(3,4)8(5,6)7/h2*1-4H,5H2,(H3-,9,10,12,13);2*(H,5,6,7). The second-order valence-corrected chi connectivity index (χ2v) is 9.72. The van der Waals surface area contributed by atoms with E-state index in [2.05, 4.69) is 0 Å². The highest BCUT2D eigenvalue weighted by Crippen LogP contribution is 2.21. The fraction of sp³-hybridized carbons (Fsp3) is 0.222. The number of amides is 4. The molecule has 0 aromatic carbocycles. The van der Waals surface area contributed by atoms with Crippen LogP contribution < -0.4 is 32.1 Å². The SMILES string of the molecule is NC(=O)C[n+]1ccc(C(N)=O)cc1.NC(=O)C[n+]1ccc(C(N)=O)cc1.O=S(=O)([O-])C(F)(F)F.O=S(=O)([O-])C(F)(F)F. The predicted molar refractivity (Wildman–Crippen MR) is 120 cm³/mol. The first-order valence-corrected chi connectivity index (χ1v) is 12.7. The molecule has 2 aromatic heterocycles. The number of pyridine rings is 2. The Morgan fingerprint density at radius 2 is 0.786 bits per heavy atom. The number of aromatic nitrogens is 2. The lowest BCUT2D eigenvalue weighted by Gasteiger charge is -2.08. The molecule has 0 aliphatic rings. The quantitative estimate of drug-likeness (QED) is 0.107. The van der Waals surface area contributed by atoms with Crippen LogP contribution in [-0.2, 0) is 42.9 Å². The molecule has 4 amide bonds. The minimum atomic E-state index is -6.09. The number of alkyl halides is 6. The molecule has 2 rings (SSSR count). The lowest BCUT2D eigenvalue weighted by atomic mass is 10.2. The van der Waals surface area contributed by atoms with Gasteiger partial charge in [-0.05, 0) is 0 Å². The van der Waals surface area contributed by atoms with Gasteiger partial charge in [-0.2, -0.15) is 35.5 Å². The van der Waals surface area contributed by atoms with Gasteiger partial charge < -0.3 is 32.0 Å². The summed E-state index contributed by atoms with van der Waals surface area (Å²) in [5.74, 6) is -1.86. The average molecular weight is 659 g/mol. The van der Waals surface area contributed by atoms with Crippen molar-refractivity contribution >= 4 is 43.9 Å². The van der Waals surface area contributed by atoms with E-state index in [9.17, 15) is 45.5 Å². The maximum Gasteiger partial charge on any atom is 0.485 e. The molecule has 16 nitrogen and oxygen atoms in total. The number of carbonyl (C=O) groups excluding carboxylic acids is 4. The number of nitrogens with two attached hydrogens (primary N) is 4. The lowest BCUT2D eigenvalue weighted by Crippen LogP contribution is -2.40. The van der Waals surface area contributed by atoms with Crippen molar-refractivity contribution in [3.63, 3.8) is 0 Å². The van der Waals surface area contributed by atoms with E-state index in [0.29, 0.717) is 11.1 Å². The molecule has 0 atom stereocenters. The summed E-state index contributed by atoms with van der Waals surface area (Å²) < 4.78 is 121. The molecule has 0 fully saturated rings.